The van der Waals surface area contributed by atoms with Crippen molar-refractivity contribution in [3.8, 4) is 0 Å². The van der Waals surface area contributed by atoms with Gasteiger partial charge in [0.1, 0.15) is 0 Å². The number of ether oxygens (including phenoxy) is 1. The number of hydrogen-bond donors (Lipinski definition) is 2. The Kier molecular flexibility index (Phi) is 2.89. The molecule has 19 heavy (non-hydrogen) atoms. The fraction of sp³-hybridized carbons (Fsp3) is 0.100. The monoisotopic (exact) mass is 274 g/mol. The van der Waals surface area contributed by atoms with Crippen molar-refractivity contribution in [2.75, 3.05) is 0 Å². The van der Waals surface area contributed by atoms with Crippen LogP contribution in [0.1, 0.15) is 10.4 Å². The molecule has 0 aliphatic rings. The number of alkyl halides is 3. The van der Waals surface area contributed by atoms with E-state index < -0.39 is 29.1 Å². The Morgan fingerprint density at radius 1 is 1.16 bits per heavy atom. The van der Waals surface area contributed by atoms with E-state index in [1.807, 2.05) is 4.98 Å². The van der Waals surface area contributed by atoms with E-state index >= 15 is 0 Å². The summed E-state index contributed by atoms with van der Waals surface area (Å²) in [4.78, 5) is 37.6. The molecule has 2 N–H and O–H groups in total. The molecule has 0 spiro atoms. The number of H-pyrrole nitrogens is 2. The van der Waals surface area contributed by atoms with Crippen molar-refractivity contribution in [2.45, 2.75) is 6.36 Å². The summed E-state index contributed by atoms with van der Waals surface area (Å²) in [5, 5.41) is 0.0307. The topological polar surface area (TPSA) is 92.0 Å². The van der Waals surface area contributed by atoms with Gasteiger partial charge in [-0.25, -0.2) is 9.59 Å². The smallest absolute Gasteiger partial charge is 0.369 e. The average Bonchev–Trinajstić information content (AvgIpc) is 2.25. The number of aromatic nitrogens is 2. The van der Waals surface area contributed by atoms with E-state index in [1.165, 1.54) is 0 Å². The highest BCUT2D eigenvalue weighted by molar-refractivity contribution is 5.94. The maximum atomic E-state index is 11.9. The lowest BCUT2D eigenvalue weighted by Crippen LogP contribution is -2.23. The normalized spacial score (nSPS) is 11.5. The number of hydrogen-bond acceptors (Lipinski definition) is 4. The Balaban J connectivity index is 2.50. The number of nitrogens with one attached hydrogen (secondary N) is 2. The third-order valence-corrected chi connectivity index (χ3v) is 2.18. The van der Waals surface area contributed by atoms with Gasteiger partial charge in [0.2, 0.25) is 0 Å². The number of fused-ring (bicyclic) bond motifs is 1. The van der Waals surface area contributed by atoms with E-state index in [2.05, 4.69) is 9.72 Å². The van der Waals surface area contributed by atoms with Crippen LogP contribution in [-0.4, -0.2) is 22.3 Å². The van der Waals surface area contributed by atoms with E-state index in [-0.39, 0.29) is 10.9 Å². The Morgan fingerprint density at radius 2 is 1.84 bits per heavy atom. The number of esters is 1. The van der Waals surface area contributed by atoms with E-state index in [1.54, 1.807) is 0 Å². The molecule has 1 heterocycles. The average molecular weight is 274 g/mol. The molecule has 0 saturated heterocycles. The third kappa shape index (κ3) is 2.81. The molecule has 0 amide bonds. The standard InChI is InChI=1S/C10H5F3N2O4/c11-10(12,13)19-8(17)4-1-2-5-6(3-4)14-9(18)15-7(5)16/h1-3H,(H2,14,15,16,18). The van der Waals surface area contributed by atoms with Crippen molar-refractivity contribution in [1.29, 1.82) is 0 Å². The second-order valence-corrected chi connectivity index (χ2v) is 3.50. The zero-order valence-corrected chi connectivity index (χ0v) is 9.00. The summed E-state index contributed by atoms with van der Waals surface area (Å²) in [5.41, 5.74) is -2.05. The van der Waals surface area contributed by atoms with Crippen molar-refractivity contribution < 1.29 is 22.7 Å². The van der Waals surface area contributed by atoms with Crippen molar-refractivity contribution >= 4 is 16.9 Å². The number of carbonyl (C=O) groups excluding carboxylic acids is 1. The summed E-state index contributed by atoms with van der Waals surface area (Å²) in [6, 6.07) is 3.03. The first kappa shape index (κ1) is 12.9. The van der Waals surface area contributed by atoms with Crippen LogP contribution in [-0.2, 0) is 4.74 Å². The van der Waals surface area contributed by atoms with E-state index in [0.29, 0.717) is 0 Å². The fourth-order valence-electron chi connectivity index (χ4n) is 1.46. The molecule has 0 bridgehead atoms. The minimum Gasteiger partial charge on any atom is -0.369 e. The van der Waals surface area contributed by atoms with Crippen LogP contribution in [0.15, 0.2) is 27.8 Å². The summed E-state index contributed by atoms with van der Waals surface area (Å²) in [7, 11) is 0. The fourth-order valence-corrected chi connectivity index (χ4v) is 1.46. The minimum atomic E-state index is -5.10. The summed E-state index contributed by atoms with van der Waals surface area (Å²) in [6.45, 7) is 0. The molecule has 0 aliphatic carbocycles. The van der Waals surface area contributed by atoms with Crippen LogP contribution in [0.2, 0.25) is 0 Å². The predicted octanol–water partition coefficient (Wildman–Crippen LogP) is 0.893. The van der Waals surface area contributed by atoms with Crippen LogP contribution in [0.5, 0.6) is 0 Å². The number of aromatic amines is 2. The van der Waals surface area contributed by atoms with Crippen LogP contribution in [0.3, 0.4) is 0 Å². The van der Waals surface area contributed by atoms with Crippen LogP contribution < -0.4 is 11.2 Å². The van der Waals surface area contributed by atoms with Crippen molar-refractivity contribution in [2.24, 2.45) is 0 Å². The van der Waals surface area contributed by atoms with Gasteiger partial charge in [-0.3, -0.25) is 9.78 Å². The van der Waals surface area contributed by atoms with Crippen LogP contribution in [0, 0.1) is 0 Å². The molecule has 0 saturated carbocycles. The molecule has 1 aromatic heterocycles. The Bertz CT molecular complexity index is 760. The second kappa shape index (κ2) is 4.26. The van der Waals surface area contributed by atoms with Crippen LogP contribution in [0.25, 0.3) is 10.9 Å². The largest absolute Gasteiger partial charge is 0.575 e. The number of benzene rings is 1. The highest BCUT2D eigenvalue weighted by Crippen LogP contribution is 2.19. The molecule has 0 radical (unpaired) electrons. The van der Waals surface area contributed by atoms with Crippen molar-refractivity contribution in [1.82, 2.24) is 9.97 Å². The quantitative estimate of drug-likeness (QED) is 0.755. The van der Waals surface area contributed by atoms with Crippen molar-refractivity contribution in [3.05, 3.63) is 44.6 Å². The summed E-state index contributed by atoms with van der Waals surface area (Å²) < 4.78 is 38.9. The summed E-state index contributed by atoms with van der Waals surface area (Å²) in [5.74, 6) is -1.63. The van der Waals surface area contributed by atoms with Gasteiger partial charge < -0.3 is 9.72 Å². The molecule has 0 atom stereocenters. The second-order valence-electron chi connectivity index (χ2n) is 3.50. The van der Waals surface area contributed by atoms with Gasteiger partial charge in [-0.1, -0.05) is 0 Å². The molecule has 0 aliphatic heterocycles. The van der Waals surface area contributed by atoms with Gasteiger partial charge in [0.15, 0.2) is 0 Å². The highest BCUT2D eigenvalue weighted by Gasteiger charge is 2.34. The van der Waals surface area contributed by atoms with Gasteiger partial charge in [-0.2, -0.15) is 0 Å². The molecule has 0 fully saturated rings. The van der Waals surface area contributed by atoms with E-state index in [0.717, 1.165) is 18.2 Å². The number of carbonyl (C=O) groups is 1. The zero-order chi connectivity index (χ0) is 14.2. The lowest BCUT2D eigenvalue weighted by Gasteiger charge is -2.07. The van der Waals surface area contributed by atoms with Crippen LogP contribution in [0.4, 0.5) is 13.2 Å². The maximum Gasteiger partial charge on any atom is 0.575 e. The van der Waals surface area contributed by atoms with Gasteiger partial charge in [0, 0.05) is 0 Å². The first-order valence-electron chi connectivity index (χ1n) is 4.83. The third-order valence-electron chi connectivity index (χ3n) is 2.18. The molecule has 1 aromatic carbocycles. The molecule has 9 heteroatoms. The lowest BCUT2D eigenvalue weighted by atomic mass is 10.1. The molecular weight excluding hydrogens is 269 g/mol. The molecular formula is C10H5F3N2O4. The Hall–Kier alpha value is -2.58. The Morgan fingerprint density at radius 3 is 2.47 bits per heavy atom. The molecule has 2 aromatic rings. The predicted molar refractivity (Wildman–Crippen MR) is 56.7 cm³/mol. The van der Waals surface area contributed by atoms with Gasteiger partial charge in [0.25, 0.3) is 5.56 Å². The molecule has 2 rings (SSSR count). The SMILES string of the molecule is O=C(OC(F)(F)F)c1ccc2c(=O)[nH]c(=O)[nH]c2c1. The summed E-state index contributed by atoms with van der Waals surface area (Å²) in [6.07, 6.45) is -5.10. The van der Waals surface area contributed by atoms with Gasteiger partial charge in [-0.05, 0) is 18.2 Å². The number of halogens is 3. The van der Waals surface area contributed by atoms with Crippen LogP contribution >= 0.6 is 0 Å². The summed E-state index contributed by atoms with van der Waals surface area (Å²) >= 11 is 0. The zero-order valence-electron chi connectivity index (χ0n) is 9.00. The number of rotatable bonds is 1. The molecule has 100 valence electrons. The minimum absolute atomic E-state index is 0.0307. The molecule has 6 nitrogen and oxygen atoms in total. The first-order chi connectivity index (χ1) is 8.76. The first-order valence-corrected chi connectivity index (χ1v) is 4.83. The maximum absolute atomic E-state index is 11.9. The van der Waals surface area contributed by atoms with Crippen molar-refractivity contribution in [3.63, 3.8) is 0 Å². The van der Waals surface area contributed by atoms with Gasteiger partial charge >= 0.3 is 18.0 Å². The highest BCUT2D eigenvalue weighted by atomic mass is 19.4. The van der Waals surface area contributed by atoms with E-state index in [4.69, 9.17) is 0 Å². The van der Waals surface area contributed by atoms with Gasteiger partial charge in [0.05, 0.1) is 16.5 Å². The van der Waals surface area contributed by atoms with E-state index in [9.17, 15) is 27.6 Å². The molecule has 0 unspecified atom stereocenters. The van der Waals surface area contributed by atoms with Gasteiger partial charge in [-0.15, -0.1) is 13.2 Å². The Labute approximate surface area is 101 Å². The lowest BCUT2D eigenvalue weighted by molar-refractivity contribution is -0.291.